The Balaban J connectivity index is 1.66. The second-order valence-electron chi connectivity index (χ2n) is 8.37. The zero-order chi connectivity index (χ0) is 24.9. The van der Waals surface area contributed by atoms with E-state index in [4.69, 9.17) is 4.74 Å². The van der Waals surface area contributed by atoms with Crippen molar-refractivity contribution in [1.82, 2.24) is 5.32 Å². The molecule has 8 heteroatoms. The fraction of sp³-hybridized carbons (Fsp3) is 0.423. The first kappa shape index (κ1) is 27.4. The van der Waals surface area contributed by atoms with Gasteiger partial charge < -0.3 is 20.1 Å². The van der Waals surface area contributed by atoms with Crippen molar-refractivity contribution >= 4 is 34.4 Å². The number of nitrogens with zero attached hydrogens (tertiary/aromatic N) is 1. The van der Waals surface area contributed by atoms with E-state index in [1.165, 1.54) is 0 Å². The van der Waals surface area contributed by atoms with Gasteiger partial charge in [-0.1, -0.05) is 61.2 Å². The maximum absolute atomic E-state index is 12.4. The number of carboxylic acid groups (broad SMARTS) is 1. The average Bonchev–Trinajstić information content (AvgIpc) is 2.84. The summed E-state index contributed by atoms with van der Waals surface area (Å²) in [6.07, 6.45) is 1.64. The van der Waals surface area contributed by atoms with Gasteiger partial charge in [0.2, 0.25) is 11.0 Å². The van der Waals surface area contributed by atoms with Crippen molar-refractivity contribution in [3.05, 3.63) is 65.7 Å². The van der Waals surface area contributed by atoms with Gasteiger partial charge in [0.25, 0.3) is 0 Å². The molecular formula is C26H34N2O5S. The Morgan fingerprint density at radius 3 is 2.32 bits per heavy atom. The van der Waals surface area contributed by atoms with Gasteiger partial charge in [0.15, 0.2) is 0 Å². The number of thioether (sulfide) groups is 1. The van der Waals surface area contributed by atoms with Crippen molar-refractivity contribution in [2.75, 3.05) is 31.4 Å². The lowest BCUT2D eigenvalue weighted by Crippen LogP contribution is -2.43. The molecule has 2 aromatic rings. The predicted molar refractivity (Wildman–Crippen MR) is 136 cm³/mol. The van der Waals surface area contributed by atoms with Crippen LogP contribution in [-0.4, -0.2) is 54.6 Å². The zero-order valence-corrected chi connectivity index (χ0v) is 20.8. The summed E-state index contributed by atoms with van der Waals surface area (Å²) < 4.78 is 5.69. The van der Waals surface area contributed by atoms with Crippen molar-refractivity contribution in [2.24, 2.45) is 5.92 Å². The standard InChI is InChI=1S/C26H34N2O5S/c1-19(18-34-26(32)21-9-5-4-6-10-21)24(29)27-23(25(30)31)11-7-8-16-33-17-20-12-14-22(15-13-20)28(2)3/h4-6,9-10,12-15,19,23H,7-8,11,16-18H2,1-3H3,(H,27,29)(H,30,31)/t19-,23+/m1/s1. The molecule has 7 nitrogen and oxygen atoms in total. The van der Waals surface area contributed by atoms with Crippen molar-refractivity contribution in [3.63, 3.8) is 0 Å². The summed E-state index contributed by atoms with van der Waals surface area (Å²) in [5, 5.41) is 12.0. The van der Waals surface area contributed by atoms with Crippen molar-refractivity contribution in [3.8, 4) is 0 Å². The van der Waals surface area contributed by atoms with Crippen LogP contribution < -0.4 is 10.2 Å². The molecule has 0 spiro atoms. The molecule has 0 saturated carbocycles. The van der Waals surface area contributed by atoms with Crippen molar-refractivity contribution in [2.45, 2.75) is 38.8 Å². The molecule has 2 rings (SSSR count). The Bertz CT molecular complexity index is 919. The molecule has 1 amide bonds. The fourth-order valence-electron chi connectivity index (χ4n) is 3.14. The van der Waals surface area contributed by atoms with Gasteiger partial charge in [-0.05, 0) is 37.0 Å². The third kappa shape index (κ3) is 9.57. The lowest BCUT2D eigenvalue weighted by atomic mass is 10.1. The Hall–Kier alpha value is -2.84. The van der Waals surface area contributed by atoms with E-state index in [0.717, 1.165) is 23.0 Å². The number of anilines is 1. The minimum atomic E-state index is -1.06. The van der Waals surface area contributed by atoms with E-state index >= 15 is 0 Å². The summed E-state index contributed by atoms with van der Waals surface area (Å²) in [6.45, 7) is 2.71. The van der Waals surface area contributed by atoms with Crippen LogP contribution in [0.25, 0.3) is 0 Å². The van der Waals surface area contributed by atoms with Gasteiger partial charge in [-0.15, -0.1) is 0 Å². The van der Waals surface area contributed by atoms with Crippen LogP contribution in [0.2, 0.25) is 0 Å². The number of ether oxygens (including phenoxy) is 1. The van der Waals surface area contributed by atoms with Crippen LogP contribution in [0.15, 0.2) is 54.6 Å². The number of unbranched alkanes of at least 4 members (excludes halogenated alkanes) is 1. The number of hydrogen-bond acceptors (Lipinski definition) is 6. The first-order valence-electron chi connectivity index (χ1n) is 11.4. The maximum Gasteiger partial charge on any atom is 0.326 e. The number of benzene rings is 2. The van der Waals surface area contributed by atoms with E-state index in [9.17, 15) is 19.5 Å². The van der Waals surface area contributed by atoms with Crippen molar-refractivity contribution < 1.29 is 24.2 Å². The predicted octanol–water partition coefficient (Wildman–Crippen LogP) is 4.22. The Morgan fingerprint density at radius 2 is 1.71 bits per heavy atom. The minimum Gasteiger partial charge on any atom is -0.480 e. The molecule has 0 heterocycles. The first-order chi connectivity index (χ1) is 16.3. The number of aliphatic carboxylic acids is 1. The summed E-state index contributed by atoms with van der Waals surface area (Å²) in [5.74, 6) is -1.62. The number of carboxylic acids is 1. The molecule has 0 aliphatic heterocycles. The largest absolute Gasteiger partial charge is 0.480 e. The molecular weight excluding hydrogens is 452 g/mol. The van der Waals surface area contributed by atoms with Crippen LogP contribution in [0.4, 0.5) is 5.69 Å². The molecule has 0 radical (unpaired) electrons. The number of rotatable bonds is 14. The maximum atomic E-state index is 12.4. The Morgan fingerprint density at radius 1 is 1.03 bits per heavy atom. The smallest absolute Gasteiger partial charge is 0.326 e. The Labute approximate surface area is 205 Å². The van der Waals surface area contributed by atoms with Gasteiger partial charge in [0.1, 0.15) is 6.04 Å². The molecule has 0 bridgehead atoms. The SMILES string of the molecule is C[C@H](CSC(=O)c1ccccc1)C(=O)N[C@@H](CCCCOCc1ccc(N(C)C)cc1)C(=O)O. The summed E-state index contributed by atoms with van der Waals surface area (Å²) in [6, 6.07) is 16.0. The second-order valence-corrected chi connectivity index (χ2v) is 9.37. The van der Waals surface area contributed by atoms with E-state index in [0.29, 0.717) is 38.0 Å². The molecule has 2 aromatic carbocycles. The molecule has 0 fully saturated rings. The molecule has 0 aromatic heterocycles. The third-order valence-corrected chi connectivity index (χ3v) is 6.45. The molecule has 0 saturated heterocycles. The summed E-state index contributed by atoms with van der Waals surface area (Å²) in [4.78, 5) is 38.2. The number of nitrogens with one attached hydrogen (secondary N) is 1. The highest BCUT2D eigenvalue weighted by Gasteiger charge is 2.23. The van der Waals surface area contributed by atoms with Crippen LogP contribution >= 0.6 is 11.8 Å². The quantitative estimate of drug-likeness (QED) is 0.386. The van der Waals surface area contributed by atoms with Gasteiger partial charge in [0.05, 0.1) is 6.61 Å². The first-order valence-corrected chi connectivity index (χ1v) is 12.4. The summed E-state index contributed by atoms with van der Waals surface area (Å²) in [5.41, 5.74) is 2.79. The lowest BCUT2D eigenvalue weighted by Gasteiger charge is -2.17. The minimum absolute atomic E-state index is 0.108. The topological polar surface area (TPSA) is 95.9 Å². The fourth-order valence-corrected chi connectivity index (χ4v) is 3.99. The summed E-state index contributed by atoms with van der Waals surface area (Å²) >= 11 is 1.06. The van der Waals surface area contributed by atoms with Gasteiger partial charge in [-0.2, -0.15) is 0 Å². The Kier molecular flexibility index (Phi) is 11.6. The normalized spacial score (nSPS) is 12.6. The number of carbonyl (C=O) groups excluding carboxylic acids is 2. The van der Waals surface area contributed by atoms with Gasteiger partial charge in [-0.3, -0.25) is 9.59 Å². The van der Waals surface area contributed by atoms with E-state index in [1.807, 2.05) is 49.3 Å². The number of amides is 1. The molecule has 2 atom stereocenters. The number of carbonyl (C=O) groups is 3. The molecule has 0 aliphatic carbocycles. The van der Waals surface area contributed by atoms with Crippen LogP contribution in [-0.2, 0) is 20.9 Å². The van der Waals surface area contributed by atoms with Crippen LogP contribution in [0.1, 0.15) is 42.1 Å². The van der Waals surface area contributed by atoms with Gasteiger partial charge in [-0.25, -0.2) is 4.79 Å². The molecule has 34 heavy (non-hydrogen) atoms. The third-order valence-electron chi connectivity index (χ3n) is 5.29. The average molecular weight is 487 g/mol. The highest BCUT2D eigenvalue weighted by atomic mass is 32.2. The van der Waals surface area contributed by atoms with E-state index in [2.05, 4.69) is 5.32 Å². The number of hydrogen-bond donors (Lipinski definition) is 2. The monoisotopic (exact) mass is 486 g/mol. The van der Waals surface area contributed by atoms with Crippen LogP contribution in [0, 0.1) is 5.92 Å². The second kappa shape index (κ2) is 14.4. The molecule has 184 valence electrons. The lowest BCUT2D eigenvalue weighted by molar-refractivity contribution is -0.142. The summed E-state index contributed by atoms with van der Waals surface area (Å²) in [7, 11) is 3.98. The van der Waals surface area contributed by atoms with Gasteiger partial charge in [0, 0.05) is 43.6 Å². The molecule has 0 unspecified atom stereocenters. The van der Waals surface area contributed by atoms with Gasteiger partial charge >= 0.3 is 5.97 Å². The van der Waals surface area contributed by atoms with E-state index in [-0.39, 0.29) is 16.8 Å². The highest BCUT2D eigenvalue weighted by Crippen LogP contribution is 2.16. The van der Waals surface area contributed by atoms with Crippen molar-refractivity contribution in [1.29, 1.82) is 0 Å². The highest BCUT2D eigenvalue weighted by molar-refractivity contribution is 8.14. The molecule has 0 aliphatic rings. The van der Waals surface area contributed by atoms with Crippen LogP contribution in [0.5, 0.6) is 0 Å². The van der Waals surface area contributed by atoms with E-state index < -0.39 is 17.9 Å². The zero-order valence-electron chi connectivity index (χ0n) is 20.0. The van der Waals surface area contributed by atoms with E-state index in [1.54, 1.807) is 31.2 Å². The van der Waals surface area contributed by atoms with Crippen LogP contribution in [0.3, 0.4) is 0 Å². The molecule has 2 N–H and O–H groups in total.